The zero-order chi connectivity index (χ0) is 13.7. The van der Waals surface area contributed by atoms with E-state index in [9.17, 15) is 0 Å². The lowest BCUT2D eigenvalue weighted by Crippen LogP contribution is -1.98. The number of fused-ring (bicyclic) bond motifs is 5. The minimum Gasteiger partial charge on any atom is -0.497 e. The maximum absolute atomic E-state index is 5.69. The van der Waals surface area contributed by atoms with E-state index in [0.29, 0.717) is 6.54 Å². The molecule has 0 saturated carbocycles. The van der Waals surface area contributed by atoms with Crippen molar-refractivity contribution in [2.75, 3.05) is 7.11 Å². The molecule has 2 aromatic heterocycles. The van der Waals surface area contributed by atoms with Crippen LogP contribution in [-0.2, 0) is 13.0 Å². The second kappa shape index (κ2) is 4.08. The zero-order valence-corrected chi connectivity index (χ0v) is 11.3. The second-order valence-electron chi connectivity index (χ2n) is 5.07. The highest BCUT2D eigenvalue weighted by atomic mass is 16.5. The number of ether oxygens (including phenoxy) is 1. The van der Waals surface area contributed by atoms with E-state index in [-0.39, 0.29) is 0 Å². The van der Waals surface area contributed by atoms with Gasteiger partial charge in [-0.25, -0.2) is 4.98 Å². The summed E-state index contributed by atoms with van der Waals surface area (Å²) in [7, 11) is 1.69. The van der Waals surface area contributed by atoms with Gasteiger partial charge in [0.25, 0.3) is 0 Å². The van der Waals surface area contributed by atoms with E-state index in [1.54, 1.807) is 7.11 Å². The zero-order valence-electron chi connectivity index (χ0n) is 11.3. The predicted molar refractivity (Wildman–Crippen MR) is 77.9 cm³/mol. The molecule has 20 heavy (non-hydrogen) atoms. The van der Waals surface area contributed by atoms with Crippen molar-refractivity contribution < 1.29 is 4.74 Å². The molecule has 2 N–H and O–H groups in total. The highest BCUT2D eigenvalue weighted by Gasteiger charge is 2.24. The summed E-state index contributed by atoms with van der Waals surface area (Å²) < 4.78 is 7.47. The van der Waals surface area contributed by atoms with Gasteiger partial charge in [-0.1, -0.05) is 6.07 Å². The summed E-state index contributed by atoms with van der Waals surface area (Å²) in [5, 5.41) is 0. The minimum atomic E-state index is 0.540. The van der Waals surface area contributed by atoms with E-state index in [1.807, 2.05) is 6.07 Å². The first-order valence-electron chi connectivity index (χ1n) is 6.67. The number of nitrogens with two attached hydrogens (primary N) is 1. The summed E-state index contributed by atoms with van der Waals surface area (Å²) in [6.45, 7) is 0.540. The normalized spacial score (nSPS) is 12.5. The van der Waals surface area contributed by atoms with Gasteiger partial charge < -0.3 is 14.9 Å². The molecule has 4 heteroatoms. The lowest BCUT2D eigenvalue weighted by molar-refractivity contribution is 0.415. The Morgan fingerprint density at radius 1 is 1.30 bits per heavy atom. The van der Waals surface area contributed by atoms with Crippen LogP contribution in [0.2, 0.25) is 0 Å². The van der Waals surface area contributed by atoms with E-state index >= 15 is 0 Å². The van der Waals surface area contributed by atoms with Crippen molar-refractivity contribution in [3.63, 3.8) is 0 Å². The summed E-state index contributed by atoms with van der Waals surface area (Å²) in [4.78, 5) is 4.77. The topological polar surface area (TPSA) is 52.5 Å². The molecule has 0 saturated heterocycles. The molecule has 2 heterocycles. The molecule has 100 valence electrons. The largest absolute Gasteiger partial charge is 0.497 e. The number of pyridine rings is 1. The third-order valence-corrected chi connectivity index (χ3v) is 3.96. The SMILES string of the molecule is COc1ccc2c(c1)-c1nc3cc(CN)ccn3c1C2. The summed E-state index contributed by atoms with van der Waals surface area (Å²) in [6, 6.07) is 10.3. The number of imidazole rings is 1. The van der Waals surface area contributed by atoms with E-state index in [0.717, 1.165) is 29.1 Å². The molecule has 0 amide bonds. The van der Waals surface area contributed by atoms with Crippen LogP contribution in [0.15, 0.2) is 36.5 Å². The van der Waals surface area contributed by atoms with Crippen LogP contribution in [0.4, 0.5) is 0 Å². The molecule has 0 unspecified atom stereocenters. The smallest absolute Gasteiger partial charge is 0.137 e. The molecule has 3 aromatic rings. The molecule has 1 aliphatic carbocycles. The number of benzene rings is 1. The number of rotatable bonds is 2. The Morgan fingerprint density at radius 2 is 2.20 bits per heavy atom. The Labute approximate surface area is 116 Å². The predicted octanol–water partition coefficient (Wildman–Crippen LogP) is 2.37. The van der Waals surface area contributed by atoms with Crippen LogP contribution >= 0.6 is 0 Å². The summed E-state index contributed by atoms with van der Waals surface area (Å²) in [6.07, 6.45) is 2.98. The Kier molecular flexibility index (Phi) is 2.35. The molecule has 4 rings (SSSR count). The average Bonchev–Trinajstić information content (AvgIpc) is 3.01. The van der Waals surface area contributed by atoms with Crippen LogP contribution in [0.1, 0.15) is 16.8 Å². The van der Waals surface area contributed by atoms with E-state index < -0.39 is 0 Å². The van der Waals surface area contributed by atoms with Crippen molar-refractivity contribution in [1.82, 2.24) is 9.38 Å². The number of hydrogen-bond acceptors (Lipinski definition) is 3. The van der Waals surface area contributed by atoms with Gasteiger partial charge in [0.05, 0.1) is 18.5 Å². The maximum atomic E-state index is 5.69. The Balaban J connectivity index is 1.95. The molecule has 0 radical (unpaired) electrons. The highest BCUT2D eigenvalue weighted by Crippen LogP contribution is 2.38. The lowest BCUT2D eigenvalue weighted by atomic mass is 10.1. The van der Waals surface area contributed by atoms with Crippen LogP contribution in [-0.4, -0.2) is 16.5 Å². The van der Waals surface area contributed by atoms with E-state index in [4.69, 9.17) is 15.5 Å². The van der Waals surface area contributed by atoms with Gasteiger partial charge in [-0.2, -0.15) is 0 Å². The maximum Gasteiger partial charge on any atom is 0.137 e. The van der Waals surface area contributed by atoms with Crippen molar-refractivity contribution >= 4 is 5.65 Å². The molecule has 0 fully saturated rings. The van der Waals surface area contributed by atoms with Gasteiger partial charge in [0.15, 0.2) is 0 Å². The fraction of sp³-hybridized carbons (Fsp3) is 0.188. The molecular weight excluding hydrogens is 250 g/mol. The molecular formula is C16H15N3O. The van der Waals surface area contributed by atoms with E-state index in [2.05, 4.69) is 34.9 Å². The molecule has 0 atom stereocenters. The van der Waals surface area contributed by atoms with Gasteiger partial charge >= 0.3 is 0 Å². The van der Waals surface area contributed by atoms with Crippen molar-refractivity contribution in [3.8, 4) is 17.0 Å². The number of nitrogens with zero attached hydrogens (tertiary/aromatic N) is 2. The number of hydrogen-bond donors (Lipinski definition) is 1. The quantitative estimate of drug-likeness (QED) is 0.605. The fourth-order valence-electron chi connectivity index (χ4n) is 2.89. The van der Waals surface area contributed by atoms with Gasteiger partial charge in [-0.3, -0.25) is 0 Å². The van der Waals surface area contributed by atoms with Crippen molar-refractivity contribution in [2.24, 2.45) is 5.73 Å². The Hall–Kier alpha value is -2.33. The monoisotopic (exact) mass is 265 g/mol. The first-order chi connectivity index (χ1) is 9.80. The Bertz CT molecular complexity index is 820. The van der Waals surface area contributed by atoms with Gasteiger partial charge in [0.1, 0.15) is 11.4 Å². The first-order valence-corrected chi connectivity index (χ1v) is 6.67. The second-order valence-corrected chi connectivity index (χ2v) is 5.07. The minimum absolute atomic E-state index is 0.540. The summed E-state index contributed by atoms with van der Waals surface area (Å²) in [5.74, 6) is 0.872. The third-order valence-electron chi connectivity index (χ3n) is 3.96. The molecule has 1 aromatic carbocycles. The van der Waals surface area contributed by atoms with Crippen LogP contribution < -0.4 is 10.5 Å². The lowest BCUT2D eigenvalue weighted by Gasteiger charge is -2.04. The van der Waals surface area contributed by atoms with Gasteiger partial charge in [0, 0.05) is 24.7 Å². The van der Waals surface area contributed by atoms with Crippen molar-refractivity contribution in [1.29, 1.82) is 0 Å². The van der Waals surface area contributed by atoms with E-state index in [1.165, 1.54) is 16.8 Å². The standard InChI is InChI=1S/C16H15N3O/c1-20-12-3-2-11-7-14-16(13(11)8-12)18-15-6-10(9-17)4-5-19(14)15/h2-6,8H,7,9,17H2,1H3. The van der Waals surface area contributed by atoms with Gasteiger partial charge in [-0.15, -0.1) is 0 Å². The first kappa shape index (κ1) is 11.5. The van der Waals surface area contributed by atoms with Crippen LogP contribution in [0, 0.1) is 0 Å². The summed E-state index contributed by atoms with van der Waals surface area (Å²) in [5.41, 5.74) is 12.6. The fourth-order valence-corrected chi connectivity index (χ4v) is 2.89. The molecule has 0 bridgehead atoms. The van der Waals surface area contributed by atoms with Crippen molar-refractivity contribution in [3.05, 3.63) is 53.3 Å². The molecule has 1 aliphatic rings. The molecule has 0 aliphatic heterocycles. The van der Waals surface area contributed by atoms with Crippen LogP contribution in [0.3, 0.4) is 0 Å². The summed E-state index contributed by atoms with van der Waals surface area (Å²) >= 11 is 0. The number of methoxy groups -OCH3 is 1. The molecule has 0 spiro atoms. The van der Waals surface area contributed by atoms with Crippen LogP contribution in [0.25, 0.3) is 16.9 Å². The highest BCUT2D eigenvalue weighted by molar-refractivity contribution is 5.76. The van der Waals surface area contributed by atoms with Crippen molar-refractivity contribution in [2.45, 2.75) is 13.0 Å². The van der Waals surface area contributed by atoms with Gasteiger partial charge in [0.2, 0.25) is 0 Å². The third kappa shape index (κ3) is 1.48. The van der Waals surface area contributed by atoms with Gasteiger partial charge in [-0.05, 0) is 35.4 Å². The van der Waals surface area contributed by atoms with Crippen LogP contribution in [0.5, 0.6) is 5.75 Å². The Morgan fingerprint density at radius 3 is 3.00 bits per heavy atom. The molecule has 4 nitrogen and oxygen atoms in total. The average molecular weight is 265 g/mol. The number of aromatic nitrogens is 2.